The average Bonchev–Trinajstić information content (AvgIpc) is 2.71. The van der Waals surface area contributed by atoms with E-state index in [4.69, 9.17) is 19.9 Å². The molecule has 0 spiro atoms. The van der Waals surface area contributed by atoms with Crippen molar-refractivity contribution in [3.8, 4) is 16.9 Å². The van der Waals surface area contributed by atoms with Crippen molar-refractivity contribution >= 4 is 17.7 Å². The zero-order chi connectivity index (χ0) is 23.5. The minimum absolute atomic E-state index is 0.0948. The maximum Gasteiger partial charge on any atom is 0.410 e. The Morgan fingerprint density at radius 2 is 1.97 bits per heavy atom. The van der Waals surface area contributed by atoms with Crippen LogP contribution in [-0.2, 0) is 9.47 Å². The fourth-order valence-corrected chi connectivity index (χ4v) is 3.41. The number of nitrogens with zero attached hydrogens (tertiary/aromatic N) is 1. The normalized spacial score (nSPS) is 16.5. The van der Waals surface area contributed by atoms with E-state index in [0.29, 0.717) is 36.7 Å². The molecule has 1 aliphatic heterocycles. The van der Waals surface area contributed by atoms with Gasteiger partial charge in [-0.1, -0.05) is 12.1 Å². The molecule has 32 heavy (non-hydrogen) atoms. The third-order valence-electron chi connectivity index (χ3n) is 4.90. The third kappa shape index (κ3) is 6.13. The van der Waals surface area contributed by atoms with Crippen LogP contribution in [0.4, 0.5) is 10.5 Å². The number of ether oxygens (including phenoxy) is 3. The van der Waals surface area contributed by atoms with Crippen LogP contribution in [0.5, 0.6) is 5.75 Å². The number of benzene rings is 2. The van der Waals surface area contributed by atoms with Gasteiger partial charge in [-0.05, 0) is 63.1 Å². The number of nitrogen functional groups attached to an aromatic ring is 1. The summed E-state index contributed by atoms with van der Waals surface area (Å²) in [5.74, 6) is -0.676. The molecule has 1 saturated heterocycles. The van der Waals surface area contributed by atoms with Gasteiger partial charge in [0.05, 0.1) is 18.7 Å². The van der Waals surface area contributed by atoms with Gasteiger partial charge in [0.25, 0.3) is 0 Å². The molecule has 2 aromatic rings. The summed E-state index contributed by atoms with van der Waals surface area (Å²) in [4.78, 5) is 25.6. The zero-order valence-corrected chi connectivity index (χ0v) is 18.9. The molecule has 1 amide bonds. The minimum Gasteiger partial charge on any atom is -0.491 e. The maximum absolute atomic E-state index is 12.3. The number of morpholine rings is 1. The first-order chi connectivity index (χ1) is 15.0. The molecule has 8 nitrogen and oxygen atoms in total. The molecule has 3 N–H and O–H groups in total. The highest BCUT2D eigenvalue weighted by Crippen LogP contribution is 2.31. The molecule has 3 rings (SSSR count). The molecular weight excluding hydrogens is 412 g/mol. The second-order valence-corrected chi connectivity index (χ2v) is 8.87. The predicted octanol–water partition coefficient (Wildman–Crippen LogP) is 3.96. The molecule has 0 saturated carbocycles. The number of carbonyl (C=O) groups excluding carboxylic acids is 1. The highest BCUT2D eigenvalue weighted by Gasteiger charge is 2.28. The van der Waals surface area contributed by atoms with Crippen LogP contribution in [0.1, 0.15) is 36.7 Å². The highest BCUT2D eigenvalue weighted by molar-refractivity contribution is 5.91. The van der Waals surface area contributed by atoms with Gasteiger partial charge in [-0.25, -0.2) is 9.59 Å². The first-order valence-electron chi connectivity index (χ1n) is 10.5. The minimum atomic E-state index is -1.06. The number of hydrogen-bond donors (Lipinski definition) is 2. The number of rotatable bonds is 5. The lowest BCUT2D eigenvalue weighted by Crippen LogP contribution is -2.49. The molecule has 1 unspecified atom stereocenters. The molecule has 1 aliphatic rings. The number of aryl methyl sites for hydroxylation is 1. The smallest absolute Gasteiger partial charge is 0.410 e. The number of carbonyl (C=O) groups is 2. The van der Waals surface area contributed by atoms with Crippen molar-refractivity contribution in [2.24, 2.45) is 0 Å². The Bertz CT molecular complexity index is 998. The van der Waals surface area contributed by atoms with Crippen LogP contribution in [-0.4, -0.2) is 60.1 Å². The number of amides is 1. The van der Waals surface area contributed by atoms with Crippen molar-refractivity contribution in [3.05, 3.63) is 47.5 Å². The van der Waals surface area contributed by atoms with Crippen LogP contribution in [0, 0.1) is 6.92 Å². The van der Waals surface area contributed by atoms with E-state index in [1.807, 2.05) is 45.9 Å². The van der Waals surface area contributed by atoms with Gasteiger partial charge in [0.15, 0.2) is 0 Å². The number of hydrogen-bond acceptors (Lipinski definition) is 6. The summed E-state index contributed by atoms with van der Waals surface area (Å²) < 4.78 is 17.0. The van der Waals surface area contributed by atoms with Crippen molar-refractivity contribution in [1.82, 2.24) is 4.90 Å². The Labute approximate surface area is 187 Å². The molecule has 1 fully saturated rings. The quantitative estimate of drug-likeness (QED) is 0.674. The summed E-state index contributed by atoms with van der Waals surface area (Å²) in [5, 5.41) is 9.53. The summed E-state index contributed by atoms with van der Waals surface area (Å²) in [5.41, 5.74) is 8.62. The van der Waals surface area contributed by atoms with Crippen LogP contribution in [0.2, 0.25) is 0 Å². The molecule has 2 aromatic carbocycles. The standard InChI is InChI=1S/C24H30N2O6/c1-15-5-6-20(21(25)9-15)16-10-17(22(27)28)12-18(11-16)31-14-19-13-26(7-8-30-19)23(29)32-24(2,3)4/h5-6,9-12,19H,7-8,13-14,25H2,1-4H3,(H,27,28). The lowest BCUT2D eigenvalue weighted by Gasteiger charge is -2.34. The van der Waals surface area contributed by atoms with Gasteiger partial charge in [0.1, 0.15) is 24.1 Å². The number of nitrogens with two attached hydrogens (primary N) is 1. The molecule has 0 aromatic heterocycles. The van der Waals surface area contributed by atoms with Crippen LogP contribution in [0.25, 0.3) is 11.1 Å². The first-order valence-corrected chi connectivity index (χ1v) is 10.5. The van der Waals surface area contributed by atoms with E-state index in [-0.39, 0.29) is 18.3 Å². The number of carboxylic acid groups (broad SMARTS) is 1. The zero-order valence-electron chi connectivity index (χ0n) is 18.9. The SMILES string of the molecule is Cc1ccc(-c2cc(OCC3CN(C(=O)OC(C)(C)C)CCO3)cc(C(=O)O)c2)c(N)c1. The van der Waals surface area contributed by atoms with Gasteiger partial charge in [-0.2, -0.15) is 0 Å². The average molecular weight is 443 g/mol. The summed E-state index contributed by atoms with van der Waals surface area (Å²) in [6.45, 7) is 8.69. The Hall–Kier alpha value is -3.26. The van der Waals surface area contributed by atoms with Crippen LogP contribution >= 0.6 is 0 Å². The maximum atomic E-state index is 12.3. The van der Waals surface area contributed by atoms with E-state index in [1.54, 1.807) is 17.0 Å². The second kappa shape index (κ2) is 9.48. The van der Waals surface area contributed by atoms with Crippen molar-refractivity contribution in [1.29, 1.82) is 0 Å². The van der Waals surface area contributed by atoms with Crippen molar-refractivity contribution in [2.75, 3.05) is 32.0 Å². The molecule has 0 aliphatic carbocycles. The van der Waals surface area contributed by atoms with Gasteiger partial charge >= 0.3 is 12.1 Å². The lowest BCUT2D eigenvalue weighted by molar-refractivity contribution is -0.0557. The molecule has 172 valence electrons. The molecule has 0 radical (unpaired) electrons. The van der Waals surface area contributed by atoms with Gasteiger partial charge < -0.3 is 30.0 Å². The number of aromatic carboxylic acids is 1. The summed E-state index contributed by atoms with van der Waals surface area (Å²) >= 11 is 0. The first kappa shape index (κ1) is 23.4. The Balaban J connectivity index is 1.73. The Morgan fingerprint density at radius 3 is 2.62 bits per heavy atom. The largest absolute Gasteiger partial charge is 0.491 e. The monoisotopic (exact) mass is 442 g/mol. The van der Waals surface area contributed by atoms with E-state index in [1.165, 1.54) is 6.07 Å². The molecule has 1 heterocycles. The predicted molar refractivity (Wildman–Crippen MR) is 121 cm³/mol. The molecule has 8 heteroatoms. The van der Waals surface area contributed by atoms with Gasteiger partial charge in [-0.15, -0.1) is 0 Å². The van der Waals surface area contributed by atoms with Gasteiger partial charge in [0, 0.05) is 17.8 Å². The fraction of sp³-hybridized carbons (Fsp3) is 0.417. The van der Waals surface area contributed by atoms with Gasteiger partial charge in [-0.3, -0.25) is 0 Å². The Morgan fingerprint density at radius 1 is 1.22 bits per heavy atom. The molecule has 0 bridgehead atoms. The van der Waals surface area contributed by atoms with Crippen LogP contribution < -0.4 is 10.5 Å². The lowest BCUT2D eigenvalue weighted by atomic mass is 9.99. The van der Waals surface area contributed by atoms with Crippen LogP contribution in [0.15, 0.2) is 36.4 Å². The Kier molecular flexibility index (Phi) is 6.93. The van der Waals surface area contributed by atoms with E-state index in [0.717, 1.165) is 11.1 Å². The number of anilines is 1. The second-order valence-electron chi connectivity index (χ2n) is 8.87. The third-order valence-corrected chi connectivity index (χ3v) is 4.90. The summed E-state index contributed by atoms with van der Waals surface area (Å²) in [6, 6.07) is 10.4. The number of carboxylic acids is 1. The van der Waals surface area contributed by atoms with E-state index in [2.05, 4.69) is 0 Å². The van der Waals surface area contributed by atoms with Crippen molar-refractivity contribution in [2.45, 2.75) is 39.4 Å². The summed E-state index contributed by atoms with van der Waals surface area (Å²) in [6.07, 6.45) is -0.756. The van der Waals surface area contributed by atoms with E-state index >= 15 is 0 Å². The molecule has 1 atom stereocenters. The molecular formula is C24H30N2O6. The van der Waals surface area contributed by atoms with Crippen molar-refractivity contribution < 1.29 is 28.9 Å². The fourth-order valence-electron chi connectivity index (χ4n) is 3.41. The topological polar surface area (TPSA) is 111 Å². The van der Waals surface area contributed by atoms with Crippen LogP contribution in [0.3, 0.4) is 0 Å². The van der Waals surface area contributed by atoms with Gasteiger partial charge in [0.2, 0.25) is 0 Å². The van der Waals surface area contributed by atoms with E-state index in [9.17, 15) is 14.7 Å². The summed E-state index contributed by atoms with van der Waals surface area (Å²) in [7, 11) is 0. The van der Waals surface area contributed by atoms with Crippen molar-refractivity contribution in [3.63, 3.8) is 0 Å². The van der Waals surface area contributed by atoms with E-state index < -0.39 is 17.7 Å². The highest BCUT2D eigenvalue weighted by atomic mass is 16.6.